The van der Waals surface area contributed by atoms with Crippen LogP contribution in [0.1, 0.15) is 72.1 Å². The van der Waals surface area contributed by atoms with E-state index in [1.165, 1.54) is 51.4 Å². The summed E-state index contributed by atoms with van der Waals surface area (Å²) in [6, 6.07) is 0. The van der Waals surface area contributed by atoms with Gasteiger partial charge in [-0.2, -0.15) is 0 Å². The molecule has 0 aromatic rings. The summed E-state index contributed by atoms with van der Waals surface area (Å²) in [6.07, 6.45) is 12.0. The lowest BCUT2D eigenvalue weighted by molar-refractivity contribution is 0.0529. The Balaban J connectivity index is 1.97. The van der Waals surface area contributed by atoms with Crippen LogP contribution in [0.25, 0.3) is 0 Å². The van der Waals surface area contributed by atoms with Gasteiger partial charge >= 0.3 is 0 Å². The van der Waals surface area contributed by atoms with E-state index in [1.807, 2.05) is 0 Å². The second kappa shape index (κ2) is 4.47. The lowest BCUT2D eigenvalue weighted by Gasteiger charge is -2.45. The number of hydrogen-bond acceptors (Lipinski definition) is 0. The molecule has 0 aromatic carbocycles. The monoisotopic (exact) mass is 208 g/mol. The fourth-order valence-corrected chi connectivity index (χ4v) is 3.95. The average molecular weight is 208 g/mol. The summed E-state index contributed by atoms with van der Waals surface area (Å²) >= 11 is 0. The van der Waals surface area contributed by atoms with Crippen molar-refractivity contribution in [2.45, 2.75) is 72.1 Å². The van der Waals surface area contributed by atoms with Gasteiger partial charge in [-0.15, -0.1) is 0 Å². The maximum atomic E-state index is 2.58. The van der Waals surface area contributed by atoms with E-state index in [9.17, 15) is 0 Å². The van der Waals surface area contributed by atoms with Crippen LogP contribution in [-0.2, 0) is 0 Å². The highest BCUT2D eigenvalue weighted by Gasteiger charge is 2.38. The van der Waals surface area contributed by atoms with E-state index < -0.39 is 0 Å². The van der Waals surface area contributed by atoms with Crippen molar-refractivity contribution in [3.8, 4) is 0 Å². The van der Waals surface area contributed by atoms with Gasteiger partial charge < -0.3 is 0 Å². The Bertz CT molecular complexity index is 200. The summed E-state index contributed by atoms with van der Waals surface area (Å²) in [5, 5.41) is 0. The summed E-state index contributed by atoms with van der Waals surface area (Å²) in [7, 11) is 0. The van der Waals surface area contributed by atoms with E-state index in [0.29, 0.717) is 5.41 Å². The molecule has 0 bridgehead atoms. The quantitative estimate of drug-likeness (QED) is 0.567. The molecule has 3 unspecified atom stereocenters. The SMILES string of the molecule is CC1CCC(C2(C)CCCCC2)CC1C. The predicted molar refractivity (Wildman–Crippen MR) is 66.9 cm³/mol. The third-order valence-corrected chi connectivity index (χ3v) is 5.58. The Kier molecular flexibility index (Phi) is 3.42. The zero-order valence-electron chi connectivity index (χ0n) is 10.9. The fraction of sp³-hybridized carbons (Fsp3) is 1.00. The van der Waals surface area contributed by atoms with Crippen LogP contribution in [-0.4, -0.2) is 0 Å². The topological polar surface area (TPSA) is 0 Å². The first-order chi connectivity index (χ1) is 7.12. The van der Waals surface area contributed by atoms with Crippen molar-refractivity contribution in [2.24, 2.45) is 23.2 Å². The van der Waals surface area contributed by atoms with Crippen molar-refractivity contribution >= 4 is 0 Å². The molecule has 2 fully saturated rings. The maximum Gasteiger partial charge on any atom is -0.0297 e. The molecule has 0 nitrogen and oxygen atoms in total. The molecule has 2 saturated carbocycles. The molecular weight excluding hydrogens is 180 g/mol. The Morgan fingerprint density at radius 2 is 1.53 bits per heavy atom. The van der Waals surface area contributed by atoms with Crippen molar-refractivity contribution < 1.29 is 0 Å². The van der Waals surface area contributed by atoms with Gasteiger partial charge in [-0.3, -0.25) is 0 Å². The highest BCUT2D eigenvalue weighted by atomic mass is 14.4. The molecule has 3 atom stereocenters. The Hall–Kier alpha value is 0. The molecule has 15 heavy (non-hydrogen) atoms. The van der Waals surface area contributed by atoms with Crippen LogP contribution in [0.15, 0.2) is 0 Å². The third-order valence-electron chi connectivity index (χ3n) is 5.58. The lowest BCUT2D eigenvalue weighted by atomic mass is 9.60. The van der Waals surface area contributed by atoms with Crippen molar-refractivity contribution in [1.82, 2.24) is 0 Å². The van der Waals surface area contributed by atoms with Gasteiger partial charge in [0.05, 0.1) is 0 Å². The molecule has 0 aliphatic heterocycles. The van der Waals surface area contributed by atoms with Gasteiger partial charge in [-0.05, 0) is 48.9 Å². The van der Waals surface area contributed by atoms with Crippen LogP contribution in [0.2, 0.25) is 0 Å². The van der Waals surface area contributed by atoms with Gasteiger partial charge in [0.2, 0.25) is 0 Å². The molecule has 2 rings (SSSR count). The van der Waals surface area contributed by atoms with Crippen molar-refractivity contribution in [1.29, 1.82) is 0 Å². The Morgan fingerprint density at radius 3 is 2.13 bits per heavy atom. The molecule has 0 heterocycles. The molecule has 0 aromatic heterocycles. The largest absolute Gasteiger partial charge is 0.0623 e. The molecular formula is C15H28. The van der Waals surface area contributed by atoms with Gasteiger partial charge in [0.25, 0.3) is 0 Å². The van der Waals surface area contributed by atoms with Crippen LogP contribution >= 0.6 is 0 Å². The molecule has 0 radical (unpaired) electrons. The van der Waals surface area contributed by atoms with Crippen LogP contribution in [0.5, 0.6) is 0 Å². The van der Waals surface area contributed by atoms with Gasteiger partial charge in [0, 0.05) is 0 Å². The van der Waals surface area contributed by atoms with Gasteiger partial charge in [-0.25, -0.2) is 0 Å². The smallest absolute Gasteiger partial charge is 0.0297 e. The Morgan fingerprint density at radius 1 is 0.867 bits per heavy atom. The van der Waals surface area contributed by atoms with Crippen LogP contribution < -0.4 is 0 Å². The summed E-state index contributed by atoms with van der Waals surface area (Å²) in [5.41, 5.74) is 0.715. The van der Waals surface area contributed by atoms with Gasteiger partial charge in [-0.1, -0.05) is 46.5 Å². The number of hydrogen-bond donors (Lipinski definition) is 0. The summed E-state index contributed by atoms with van der Waals surface area (Å²) in [6.45, 7) is 7.51. The first kappa shape index (κ1) is 11.5. The molecule has 2 aliphatic carbocycles. The fourth-order valence-electron chi connectivity index (χ4n) is 3.95. The van der Waals surface area contributed by atoms with E-state index in [4.69, 9.17) is 0 Å². The Labute approximate surface area is 95.8 Å². The second-order valence-corrected chi connectivity index (χ2v) is 6.68. The van der Waals surface area contributed by atoms with E-state index in [1.54, 1.807) is 0 Å². The summed E-state index contributed by atoms with van der Waals surface area (Å²) in [5.74, 6) is 3.00. The molecule has 0 spiro atoms. The molecule has 0 saturated heterocycles. The first-order valence-electron chi connectivity index (χ1n) is 7.12. The third kappa shape index (κ3) is 2.40. The minimum Gasteiger partial charge on any atom is -0.0623 e. The van der Waals surface area contributed by atoms with E-state index in [0.717, 1.165) is 17.8 Å². The number of rotatable bonds is 1. The molecule has 88 valence electrons. The summed E-state index contributed by atoms with van der Waals surface area (Å²) in [4.78, 5) is 0. The second-order valence-electron chi connectivity index (χ2n) is 6.68. The van der Waals surface area contributed by atoms with E-state index in [-0.39, 0.29) is 0 Å². The highest BCUT2D eigenvalue weighted by Crippen LogP contribution is 2.49. The molecule has 0 amide bonds. The molecule has 0 N–H and O–H groups in total. The minimum absolute atomic E-state index is 0.715. The van der Waals surface area contributed by atoms with Gasteiger partial charge in [0.1, 0.15) is 0 Å². The van der Waals surface area contributed by atoms with E-state index in [2.05, 4.69) is 20.8 Å². The predicted octanol–water partition coefficient (Wildman–Crippen LogP) is 5.03. The summed E-state index contributed by atoms with van der Waals surface area (Å²) < 4.78 is 0. The molecule has 0 heteroatoms. The minimum atomic E-state index is 0.715. The van der Waals surface area contributed by atoms with E-state index >= 15 is 0 Å². The van der Waals surface area contributed by atoms with Crippen molar-refractivity contribution in [3.63, 3.8) is 0 Å². The van der Waals surface area contributed by atoms with Crippen molar-refractivity contribution in [3.05, 3.63) is 0 Å². The van der Waals surface area contributed by atoms with Crippen LogP contribution in [0, 0.1) is 23.2 Å². The first-order valence-corrected chi connectivity index (χ1v) is 7.12. The zero-order chi connectivity index (χ0) is 10.9. The van der Waals surface area contributed by atoms with Gasteiger partial charge in [0.15, 0.2) is 0 Å². The zero-order valence-corrected chi connectivity index (χ0v) is 10.9. The van der Waals surface area contributed by atoms with Crippen LogP contribution in [0.3, 0.4) is 0 Å². The normalized spacial score (nSPS) is 41.4. The maximum absolute atomic E-state index is 2.58. The average Bonchev–Trinajstić information content (AvgIpc) is 2.23. The van der Waals surface area contributed by atoms with Crippen molar-refractivity contribution in [2.75, 3.05) is 0 Å². The lowest BCUT2D eigenvalue weighted by Crippen LogP contribution is -2.35. The molecule has 2 aliphatic rings. The highest BCUT2D eigenvalue weighted by molar-refractivity contribution is 4.89. The standard InChI is InChI=1S/C15H28/c1-12-7-8-14(11-13(12)2)15(3)9-5-4-6-10-15/h12-14H,4-11H2,1-3H3. The van der Waals surface area contributed by atoms with Crippen LogP contribution in [0.4, 0.5) is 0 Å².